The first-order chi connectivity index (χ1) is 8.60. The summed E-state index contributed by atoms with van der Waals surface area (Å²) >= 11 is 12.0. The fourth-order valence-corrected chi connectivity index (χ4v) is 2.58. The summed E-state index contributed by atoms with van der Waals surface area (Å²) < 4.78 is 0. The van der Waals surface area contributed by atoms with Gasteiger partial charge in [0.25, 0.3) is 0 Å². The number of likely N-dealkylation sites (tertiary alicyclic amines) is 1. The summed E-state index contributed by atoms with van der Waals surface area (Å²) in [7, 11) is 0. The fraction of sp³-hybridized carbons (Fsp3) is 0.462. The highest BCUT2D eigenvalue weighted by Crippen LogP contribution is 2.23. The van der Waals surface area contributed by atoms with Crippen LogP contribution in [0, 0.1) is 5.92 Å². The number of carbonyl (C=O) groups is 1. The van der Waals surface area contributed by atoms with Crippen molar-refractivity contribution in [2.24, 2.45) is 11.7 Å². The normalized spacial score (nSPS) is 19.3. The molecule has 1 aliphatic heterocycles. The first-order valence-electron chi connectivity index (χ1n) is 6.02. The molecule has 98 valence electrons. The summed E-state index contributed by atoms with van der Waals surface area (Å²) in [5, 5.41) is 1.19. The molecule has 0 spiro atoms. The van der Waals surface area contributed by atoms with Crippen molar-refractivity contribution in [3.63, 3.8) is 0 Å². The van der Waals surface area contributed by atoms with Gasteiger partial charge in [-0.3, -0.25) is 4.79 Å². The highest BCUT2D eigenvalue weighted by atomic mass is 35.5. The van der Waals surface area contributed by atoms with E-state index in [1.807, 2.05) is 4.90 Å². The average Bonchev–Trinajstić information content (AvgIpc) is 2.82. The molecule has 1 saturated heterocycles. The number of hydrogen-bond donors (Lipinski definition) is 1. The third-order valence-electron chi connectivity index (χ3n) is 3.32. The van der Waals surface area contributed by atoms with E-state index in [4.69, 9.17) is 28.9 Å². The quantitative estimate of drug-likeness (QED) is 0.927. The van der Waals surface area contributed by atoms with E-state index in [2.05, 4.69) is 0 Å². The Hall–Kier alpha value is -0.770. The minimum absolute atomic E-state index is 0.0927. The molecule has 1 heterocycles. The van der Waals surface area contributed by atoms with Gasteiger partial charge in [0.15, 0.2) is 0 Å². The molecule has 0 radical (unpaired) electrons. The van der Waals surface area contributed by atoms with Crippen molar-refractivity contribution in [2.45, 2.75) is 12.8 Å². The molecule has 0 bridgehead atoms. The maximum Gasteiger partial charge on any atom is 0.227 e. The zero-order valence-corrected chi connectivity index (χ0v) is 11.5. The number of nitrogens with zero attached hydrogens (tertiary/aromatic N) is 1. The Kier molecular flexibility index (Phi) is 4.49. The Morgan fingerprint density at radius 2 is 2.22 bits per heavy atom. The van der Waals surface area contributed by atoms with Crippen molar-refractivity contribution >= 4 is 29.1 Å². The second kappa shape index (κ2) is 5.91. The van der Waals surface area contributed by atoms with E-state index >= 15 is 0 Å². The van der Waals surface area contributed by atoms with E-state index in [-0.39, 0.29) is 5.91 Å². The lowest BCUT2D eigenvalue weighted by molar-refractivity contribution is -0.129. The van der Waals surface area contributed by atoms with Crippen molar-refractivity contribution in [1.29, 1.82) is 0 Å². The van der Waals surface area contributed by atoms with Gasteiger partial charge in [-0.25, -0.2) is 0 Å². The van der Waals surface area contributed by atoms with E-state index < -0.39 is 0 Å². The third kappa shape index (κ3) is 3.16. The molecule has 18 heavy (non-hydrogen) atoms. The molecule has 2 N–H and O–H groups in total. The lowest BCUT2D eigenvalue weighted by Gasteiger charge is -2.16. The maximum atomic E-state index is 12.1. The highest BCUT2D eigenvalue weighted by molar-refractivity contribution is 6.33. The molecule has 1 amide bonds. The standard InChI is InChI=1S/C13H16Cl2N2O/c14-11-1-2-12(15)10(5-11)6-13(18)17-4-3-9(7-16)8-17/h1-2,5,9H,3-4,6-8,16H2/t9-/m0/s1. The predicted molar refractivity (Wildman–Crippen MR) is 73.9 cm³/mol. The van der Waals surface area contributed by atoms with Crippen molar-refractivity contribution in [2.75, 3.05) is 19.6 Å². The van der Waals surface area contributed by atoms with E-state index in [1.165, 1.54) is 0 Å². The van der Waals surface area contributed by atoms with Gasteiger partial charge in [0, 0.05) is 23.1 Å². The van der Waals surface area contributed by atoms with Crippen LogP contribution in [-0.2, 0) is 11.2 Å². The van der Waals surface area contributed by atoms with Gasteiger partial charge in [0.1, 0.15) is 0 Å². The minimum Gasteiger partial charge on any atom is -0.342 e. The Morgan fingerprint density at radius 3 is 2.89 bits per heavy atom. The third-order valence-corrected chi connectivity index (χ3v) is 3.93. The van der Waals surface area contributed by atoms with Gasteiger partial charge >= 0.3 is 0 Å². The Bertz CT molecular complexity index is 451. The molecule has 0 unspecified atom stereocenters. The van der Waals surface area contributed by atoms with Crippen molar-refractivity contribution in [3.8, 4) is 0 Å². The summed E-state index contributed by atoms with van der Waals surface area (Å²) in [6.45, 7) is 2.19. The van der Waals surface area contributed by atoms with Gasteiger partial charge in [-0.2, -0.15) is 0 Å². The largest absolute Gasteiger partial charge is 0.342 e. The smallest absolute Gasteiger partial charge is 0.227 e. The molecule has 1 aliphatic rings. The molecule has 0 saturated carbocycles. The van der Waals surface area contributed by atoms with Crippen LogP contribution >= 0.6 is 23.2 Å². The number of hydrogen-bond acceptors (Lipinski definition) is 2. The number of halogens is 2. The second-order valence-corrected chi connectivity index (χ2v) is 5.49. The SMILES string of the molecule is NC[C@@H]1CCN(C(=O)Cc2cc(Cl)ccc2Cl)C1. The van der Waals surface area contributed by atoms with Gasteiger partial charge in [-0.05, 0) is 42.6 Å². The lowest BCUT2D eigenvalue weighted by atomic mass is 10.1. The van der Waals surface area contributed by atoms with E-state index in [0.717, 1.165) is 25.1 Å². The Labute approximate surface area is 117 Å². The zero-order valence-electron chi connectivity index (χ0n) is 10.0. The van der Waals surface area contributed by atoms with Crippen molar-refractivity contribution in [1.82, 2.24) is 4.90 Å². The lowest BCUT2D eigenvalue weighted by Crippen LogP contribution is -2.31. The summed E-state index contributed by atoms with van der Waals surface area (Å²) in [4.78, 5) is 14.0. The number of carbonyl (C=O) groups excluding carboxylic acids is 1. The molecule has 0 aromatic heterocycles. The van der Waals surface area contributed by atoms with Gasteiger partial charge in [-0.1, -0.05) is 23.2 Å². The molecule has 2 rings (SSSR count). The van der Waals surface area contributed by atoms with Crippen LogP contribution in [-0.4, -0.2) is 30.4 Å². The van der Waals surface area contributed by atoms with Gasteiger partial charge < -0.3 is 10.6 Å². The van der Waals surface area contributed by atoms with Crippen LogP contribution in [0.4, 0.5) is 0 Å². The molecule has 1 atom stereocenters. The summed E-state index contributed by atoms with van der Waals surface area (Å²) in [6, 6.07) is 5.19. The van der Waals surface area contributed by atoms with Gasteiger partial charge in [0.05, 0.1) is 6.42 Å². The van der Waals surface area contributed by atoms with E-state index in [1.54, 1.807) is 18.2 Å². The minimum atomic E-state index is 0.0927. The molecular formula is C13H16Cl2N2O. The number of amides is 1. The fourth-order valence-electron chi connectivity index (χ4n) is 2.21. The second-order valence-electron chi connectivity index (χ2n) is 4.64. The van der Waals surface area contributed by atoms with Crippen LogP contribution in [0.5, 0.6) is 0 Å². The first kappa shape index (κ1) is 13.7. The van der Waals surface area contributed by atoms with Gasteiger partial charge in [0.2, 0.25) is 5.91 Å². The molecule has 5 heteroatoms. The van der Waals surface area contributed by atoms with Crippen LogP contribution < -0.4 is 5.73 Å². The zero-order chi connectivity index (χ0) is 13.1. The average molecular weight is 287 g/mol. The van der Waals surface area contributed by atoms with Crippen molar-refractivity contribution < 1.29 is 4.79 Å². The van der Waals surface area contributed by atoms with Gasteiger partial charge in [-0.15, -0.1) is 0 Å². The summed E-state index contributed by atoms with van der Waals surface area (Å²) in [6.07, 6.45) is 1.29. The molecule has 1 aromatic rings. The van der Waals surface area contributed by atoms with Crippen LogP contribution in [0.25, 0.3) is 0 Å². The Morgan fingerprint density at radius 1 is 1.44 bits per heavy atom. The van der Waals surface area contributed by atoms with Crippen molar-refractivity contribution in [3.05, 3.63) is 33.8 Å². The predicted octanol–water partition coefficient (Wildman–Crippen LogP) is 2.34. The molecule has 1 aromatic carbocycles. The number of nitrogens with two attached hydrogens (primary N) is 1. The topological polar surface area (TPSA) is 46.3 Å². The Balaban J connectivity index is 2.01. The number of benzene rings is 1. The first-order valence-corrected chi connectivity index (χ1v) is 6.77. The highest BCUT2D eigenvalue weighted by Gasteiger charge is 2.25. The molecule has 1 fully saturated rings. The van der Waals surface area contributed by atoms with E-state index in [0.29, 0.717) is 28.9 Å². The monoisotopic (exact) mass is 286 g/mol. The van der Waals surface area contributed by atoms with Crippen LogP contribution in [0.2, 0.25) is 10.0 Å². The molecule has 0 aliphatic carbocycles. The maximum absolute atomic E-state index is 12.1. The summed E-state index contributed by atoms with van der Waals surface area (Å²) in [5.41, 5.74) is 6.40. The molecule has 3 nitrogen and oxygen atoms in total. The van der Waals surface area contributed by atoms with Crippen LogP contribution in [0.3, 0.4) is 0 Å². The van der Waals surface area contributed by atoms with Crippen LogP contribution in [0.15, 0.2) is 18.2 Å². The summed E-state index contributed by atoms with van der Waals surface area (Å²) in [5.74, 6) is 0.527. The molecular weight excluding hydrogens is 271 g/mol. The number of rotatable bonds is 3. The van der Waals surface area contributed by atoms with E-state index in [9.17, 15) is 4.79 Å². The van der Waals surface area contributed by atoms with Crippen LogP contribution in [0.1, 0.15) is 12.0 Å².